The van der Waals surface area contributed by atoms with E-state index in [1.807, 2.05) is 0 Å². The fraction of sp³-hybridized carbons (Fsp3) is 0.941. The molecule has 5 heteroatoms. The molecule has 1 N–H and O–H groups in total. The van der Waals surface area contributed by atoms with Gasteiger partial charge in [0, 0.05) is 0 Å². The molecule has 130 valence electrons. The molecule has 0 bridgehead atoms. The van der Waals surface area contributed by atoms with Crippen LogP contribution in [0.2, 0.25) is 0 Å². The molecule has 0 aromatic rings. The molecule has 0 aliphatic carbocycles. The Labute approximate surface area is 141 Å². The molecule has 0 aromatic heterocycles. The highest BCUT2D eigenvalue weighted by Crippen LogP contribution is 2.16. The van der Waals surface area contributed by atoms with E-state index in [0.717, 1.165) is 12.8 Å². The quantitative estimate of drug-likeness (QED) is 0.250. The van der Waals surface area contributed by atoms with Gasteiger partial charge in [-0.1, -0.05) is 71.6 Å². The lowest BCUT2D eigenvalue weighted by atomic mass is 10.0. The lowest BCUT2D eigenvalue weighted by molar-refractivity contribution is 0.0889. The Morgan fingerprint density at radius 2 is 1.36 bits per heavy atom. The molecule has 0 aliphatic heterocycles. The van der Waals surface area contributed by atoms with Gasteiger partial charge >= 0.3 is 6.09 Å². The van der Waals surface area contributed by atoms with E-state index >= 15 is 0 Å². The van der Waals surface area contributed by atoms with Crippen molar-refractivity contribution >= 4 is 22.3 Å². The number of hydrogen-bond acceptors (Lipinski definition) is 2. The van der Waals surface area contributed by atoms with Crippen LogP contribution in [0.5, 0.6) is 0 Å². The first kappa shape index (κ1) is 21.8. The van der Waals surface area contributed by atoms with Gasteiger partial charge in [-0.2, -0.15) is 9.12 Å². The fourth-order valence-corrected chi connectivity index (χ4v) is 2.83. The summed E-state index contributed by atoms with van der Waals surface area (Å²) in [4.78, 5) is 11.6. The van der Waals surface area contributed by atoms with Gasteiger partial charge < -0.3 is 9.96 Å². The molecule has 0 aliphatic rings. The summed E-state index contributed by atoms with van der Waals surface area (Å²) in [6.45, 7) is 4.48. The van der Waals surface area contributed by atoms with Gasteiger partial charge in [-0.25, -0.2) is 4.79 Å². The molecule has 2 unspecified atom stereocenters. The second-order valence-corrected chi connectivity index (χ2v) is 6.58. The Morgan fingerprint density at radius 3 is 1.82 bits per heavy atom. The van der Waals surface area contributed by atoms with Crippen molar-refractivity contribution in [1.82, 2.24) is 5.23 Å². The SMILES string of the molecule is CCCCCCCCC(CCCCCCC)OC(=O)NBP. The summed E-state index contributed by atoms with van der Waals surface area (Å²) < 4.78 is 5.56. The molecule has 2 atom stereocenters. The maximum absolute atomic E-state index is 11.6. The van der Waals surface area contributed by atoms with Crippen molar-refractivity contribution in [3.05, 3.63) is 0 Å². The first-order valence-corrected chi connectivity index (χ1v) is 10.2. The highest BCUT2D eigenvalue weighted by atomic mass is 31.0. The Kier molecular flexibility index (Phi) is 16.9. The highest BCUT2D eigenvalue weighted by Gasteiger charge is 2.13. The van der Waals surface area contributed by atoms with Crippen molar-refractivity contribution in [2.45, 2.75) is 103 Å². The summed E-state index contributed by atoms with van der Waals surface area (Å²) in [5, 5.41) is 2.71. The van der Waals surface area contributed by atoms with Crippen LogP contribution in [0.25, 0.3) is 0 Å². The third-order valence-electron chi connectivity index (χ3n) is 4.03. The van der Waals surface area contributed by atoms with Gasteiger partial charge in [0.2, 0.25) is 0 Å². The molecule has 0 aromatic carbocycles. The largest absolute Gasteiger partial charge is 0.447 e. The highest BCUT2D eigenvalue weighted by molar-refractivity contribution is 7.55. The van der Waals surface area contributed by atoms with Crippen LogP contribution >= 0.6 is 9.12 Å². The van der Waals surface area contributed by atoms with E-state index in [9.17, 15) is 4.79 Å². The molecule has 1 amide bonds. The summed E-state index contributed by atoms with van der Waals surface area (Å²) >= 11 is 0. The van der Waals surface area contributed by atoms with E-state index in [4.69, 9.17) is 4.74 Å². The van der Waals surface area contributed by atoms with E-state index in [1.165, 1.54) is 70.6 Å². The Hall–Kier alpha value is -0.235. The minimum Gasteiger partial charge on any atom is -0.447 e. The zero-order valence-corrected chi connectivity index (χ0v) is 16.0. The molecule has 0 heterocycles. The van der Waals surface area contributed by atoms with Gasteiger partial charge in [0.25, 0.3) is 7.13 Å². The van der Waals surface area contributed by atoms with Gasteiger partial charge in [-0.15, -0.1) is 0 Å². The molecular formula is C17H37BNO2P. The average Bonchev–Trinajstić information content (AvgIpc) is 2.50. The number of rotatable bonds is 15. The van der Waals surface area contributed by atoms with Crippen molar-refractivity contribution in [3.8, 4) is 0 Å². The Morgan fingerprint density at radius 1 is 0.909 bits per heavy atom. The van der Waals surface area contributed by atoms with Crippen LogP contribution in [0.3, 0.4) is 0 Å². The van der Waals surface area contributed by atoms with Gasteiger partial charge in [-0.3, -0.25) is 0 Å². The summed E-state index contributed by atoms with van der Waals surface area (Å²) in [5.74, 6) is 0. The van der Waals surface area contributed by atoms with Crippen LogP contribution in [-0.4, -0.2) is 19.3 Å². The second-order valence-electron chi connectivity index (χ2n) is 6.17. The average molecular weight is 329 g/mol. The van der Waals surface area contributed by atoms with Crippen LogP contribution in [0.1, 0.15) is 97.3 Å². The summed E-state index contributed by atoms with van der Waals surface area (Å²) in [6.07, 6.45) is 15.9. The molecule has 0 saturated heterocycles. The summed E-state index contributed by atoms with van der Waals surface area (Å²) in [5.41, 5.74) is 0. The van der Waals surface area contributed by atoms with Crippen LogP contribution < -0.4 is 5.23 Å². The third kappa shape index (κ3) is 14.7. The minimum absolute atomic E-state index is 0.101. The van der Waals surface area contributed by atoms with Crippen LogP contribution in [0, 0.1) is 0 Å². The maximum atomic E-state index is 11.6. The molecule has 0 saturated carbocycles. The molecule has 0 rings (SSSR count). The van der Waals surface area contributed by atoms with E-state index < -0.39 is 0 Å². The smallest absolute Gasteiger partial charge is 0.395 e. The summed E-state index contributed by atoms with van der Waals surface area (Å²) in [6, 6.07) is 0. The number of carbonyl (C=O) groups is 1. The minimum atomic E-state index is -0.264. The predicted molar refractivity (Wildman–Crippen MR) is 102 cm³/mol. The monoisotopic (exact) mass is 329 g/mol. The Balaban J connectivity index is 3.87. The topological polar surface area (TPSA) is 38.3 Å². The summed E-state index contributed by atoms with van der Waals surface area (Å²) in [7, 11) is 3.05. The second kappa shape index (κ2) is 17.1. The number of carbonyl (C=O) groups excluding carboxylic acids is 1. The van der Waals surface area contributed by atoms with Crippen molar-refractivity contribution in [1.29, 1.82) is 0 Å². The van der Waals surface area contributed by atoms with E-state index in [2.05, 4.69) is 28.2 Å². The van der Waals surface area contributed by atoms with E-state index in [0.29, 0.717) is 7.13 Å². The zero-order valence-electron chi connectivity index (χ0n) is 14.9. The van der Waals surface area contributed by atoms with Gasteiger partial charge in [0.05, 0.1) is 0 Å². The first-order chi connectivity index (χ1) is 10.7. The van der Waals surface area contributed by atoms with E-state index in [-0.39, 0.29) is 12.2 Å². The van der Waals surface area contributed by atoms with Gasteiger partial charge in [0.15, 0.2) is 0 Å². The number of ether oxygens (including phenoxy) is 1. The molecule has 3 nitrogen and oxygen atoms in total. The lowest BCUT2D eigenvalue weighted by Crippen LogP contribution is -2.29. The number of amides is 1. The molecule has 0 fully saturated rings. The molecule has 22 heavy (non-hydrogen) atoms. The van der Waals surface area contributed by atoms with Crippen LogP contribution in [0.4, 0.5) is 4.79 Å². The lowest BCUT2D eigenvalue weighted by Gasteiger charge is -2.18. The number of unbranched alkanes of at least 4 members (excludes halogenated alkanes) is 9. The Bertz CT molecular complexity index is 255. The van der Waals surface area contributed by atoms with Crippen LogP contribution in [-0.2, 0) is 4.74 Å². The first-order valence-electron chi connectivity index (χ1n) is 9.39. The van der Waals surface area contributed by atoms with E-state index in [1.54, 1.807) is 0 Å². The zero-order chi connectivity index (χ0) is 16.5. The number of hydrogen-bond donors (Lipinski definition) is 1. The fourth-order valence-electron chi connectivity index (χ4n) is 2.67. The van der Waals surface area contributed by atoms with Gasteiger partial charge in [0.1, 0.15) is 6.10 Å². The molecular weight excluding hydrogens is 292 g/mol. The van der Waals surface area contributed by atoms with Crippen molar-refractivity contribution in [3.63, 3.8) is 0 Å². The molecule has 0 spiro atoms. The molecule has 0 radical (unpaired) electrons. The normalized spacial score (nSPS) is 12.0. The van der Waals surface area contributed by atoms with Crippen molar-refractivity contribution in [2.24, 2.45) is 0 Å². The van der Waals surface area contributed by atoms with Gasteiger partial charge in [-0.05, 0) is 25.7 Å². The van der Waals surface area contributed by atoms with Crippen molar-refractivity contribution in [2.75, 3.05) is 0 Å². The third-order valence-corrected chi connectivity index (χ3v) is 4.23. The van der Waals surface area contributed by atoms with Crippen molar-refractivity contribution < 1.29 is 9.53 Å². The maximum Gasteiger partial charge on any atom is 0.395 e. The number of nitrogens with one attached hydrogen (secondary N) is 1. The predicted octanol–water partition coefficient (Wildman–Crippen LogP) is 5.33. The van der Waals surface area contributed by atoms with Crippen LogP contribution in [0.15, 0.2) is 0 Å². The standard InChI is InChI=1S/C17H37BNO2P/c1-3-5-7-9-11-13-15-16(21-17(20)19-18-22)14-12-10-8-6-4-2/h16,18H,3-15,22H2,1-2H3,(H,19,20).